The van der Waals surface area contributed by atoms with Gasteiger partial charge in [0.1, 0.15) is 5.75 Å². The summed E-state index contributed by atoms with van der Waals surface area (Å²) in [6, 6.07) is 5.62. The van der Waals surface area contributed by atoms with E-state index in [2.05, 4.69) is 6.58 Å². The summed E-state index contributed by atoms with van der Waals surface area (Å²) < 4.78 is 10.5. The van der Waals surface area contributed by atoms with Crippen LogP contribution in [0.25, 0.3) is 0 Å². The molecule has 0 saturated carbocycles. The van der Waals surface area contributed by atoms with E-state index in [0.717, 1.165) is 11.1 Å². The Hall–Kier alpha value is -2.10. The molecule has 0 bridgehead atoms. The van der Waals surface area contributed by atoms with Gasteiger partial charge in [0.15, 0.2) is 0 Å². The van der Waals surface area contributed by atoms with Crippen molar-refractivity contribution >= 4 is 11.8 Å². The van der Waals surface area contributed by atoms with Gasteiger partial charge in [-0.1, -0.05) is 25.6 Å². The van der Waals surface area contributed by atoms with Gasteiger partial charge in [0.05, 0.1) is 7.11 Å². The van der Waals surface area contributed by atoms with Crippen molar-refractivity contribution < 1.29 is 19.1 Å². The Morgan fingerprint density at radius 2 is 2.15 bits per heavy atom. The third-order valence-corrected chi connectivity index (χ3v) is 3.58. The predicted octanol–water partition coefficient (Wildman–Crippen LogP) is 2.38. The minimum Gasteiger partial charge on any atom is -0.467 e. The molecule has 0 N–H and O–H groups in total. The summed E-state index contributed by atoms with van der Waals surface area (Å²) >= 11 is 0. The van der Waals surface area contributed by atoms with E-state index >= 15 is 0 Å². The number of ether oxygens (including phenoxy) is 2. The number of methoxy groups -OCH3 is 1. The Bertz CT molecular complexity index is 588. The molecule has 106 valence electrons. The van der Waals surface area contributed by atoms with E-state index in [4.69, 9.17) is 9.47 Å². The quantitative estimate of drug-likeness (QED) is 0.480. The van der Waals surface area contributed by atoms with Gasteiger partial charge in [-0.05, 0) is 36.1 Å². The number of benzene rings is 1. The molecule has 1 aliphatic rings. The fourth-order valence-corrected chi connectivity index (χ4v) is 2.34. The van der Waals surface area contributed by atoms with Crippen molar-refractivity contribution in [1.29, 1.82) is 0 Å². The minimum absolute atomic E-state index is 0.188. The standard InChI is InChI=1S/C16H18O4/c1-5-11(3)14(17)16(15(18)19-4)9-12-7-6-10(2)8-13(12)20-16/h6-8H,3,5,9H2,1-2,4H3. The Balaban J connectivity index is 2.46. The molecule has 4 nitrogen and oxygen atoms in total. The molecule has 0 saturated heterocycles. The van der Waals surface area contributed by atoms with Gasteiger partial charge in [0, 0.05) is 6.42 Å². The molecule has 1 unspecified atom stereocenters. The molecule has 0 radical (unpaired) electrons. The van der Waals surface area contributed by atoms with Crippen LogP contribution in [0.5, 0.6) is 5.75 Å². The highest BCUT2D eigenvalue weighted by molar-refractivity contribution is 6.16. The van der Waals surface area contributed by atoms with Gasteiger partial charge in [0.2, 0.25) is 5.78 Å². The fraction of sp³-hybridized carbons (Fsp3) is 0.375. The van der Waals surface area contributed by atoms with E-state index in [-0.39, 0.29) is 6.42 Å². The molecule has 0 aromatic heterocycles. The van der Waals surface area contributed by atoms with E-state index in [1.165, 1.54) is 7.11 Å². The number of Topliss-reactive ketones (excluding diaryl/α,β-unsaturated/α-hetero) is 1. The maximum Gasteiger partial charge on any atom is 0.358 e. The van der Waals surface area contributed by atoms with Crippen LogP contribution in [0.3, 0.4) is 0 Å². The van der Waals surface area contributed by atoms with Crippen LogP contribution in [0.1, 0.15) is 24.5 Å². The number of ketones is 1. The van der Waals surface area contributed by atoms with Gasteiger partial charge in [0.25, 0.3) is 5.60 Å². The Morgan fingerprint density at radius 1 is 1.45 bits per heavy atom. The lowest BCUT2D eigenvalue weighted by atomic mass is 9.88. The van der Waals surface area contributed by atoms with Crippen LogP contribution < -0.4 is 4.74 Å². The Morgan fingerprint density at radius 3 is 2.75 bits per heavy atom. The van der Waals surface area contributed by atoms with Crippen molar-refractivity contribution in [2.75, 3.05) is 7.11 Å². The first-order chi connectivity index (χ1) is 9.44. The monoisotopic (exact) mass is 274 g/mol. The average Bonchev–Trinajstić information content (AvgIpc) is 2.84. The SMILES string of the molecule is C=C(CC)C(=O)C1(C(=O)OC)Cc2ccc(C)cc2O1. The third-order valence-electron chi connectivity index (χ3n) is 3.58. The maximum absolute atomic E-state index is 12.5. The van der Waals surface area contributed by atoms with Crippen LogP contribution in [0, 0.1) is 6.92 Å². The number of fused-ring (bicyclic) bond motifs is 1. The van der Waals surface area contributed by atoms with Crippen molar-refractivity contribution in [3.8, 4) is 5.75 Å². The van der Waals surface area contributed by atoms with Crippen molar-refractivity contribution in [2.45, 2.75) is 32.3 Å². The molecular weight excluding hydrogens is 256 g/mol. The molecule has 1 heterocycles. The summed E-state index contributed by atoms with van der Waals surface area (Å²) in [6.45, 7) is 7.46. The topological polar surface area (TPSA) is 52.6 Å². The van der Waals surface area contributed by atoms with Crippen molar-refractivity contribution in [1.82, 2.24) is 0 Å². The van der Waals surface area contributed by atoms with Crippen LogP contribution in [-0.2, 0) is 20.7 Å². The number of hydrogen-bond donors (Lipinski definition) is 0. The molecule has 1 aliphatic heterocycles. The van der Waals surface area contributed by atoms with E-state index in [0.29, 0.717) is 17.7 Å². The summed E-state index contributed by atoms with van der Waals surface area (Å²) in [5, 5.41) is 0. The molecule has 1 atom stereocenters. The van der Waals surface area contributed by atoms with Crippen LogP contribution in [0.2, 0.25) is 0 Å². The van der Waals surface area contributed by atoms with E-state index in [1.807, 2.05) is 32.0 Å². The van der Waals surface area contributed by atoms with Gasteiger partial charge >= 0.3 is 5.97 Å². The second-order valence-corrected chi connectivity index (χ2v) is 4.99. The zero-order valence-corrected chi connectivity index (χ0v) is 12.0. The molecule has 0 amide bonds. The van der Waals surface area contributed by atoms with Crippen LogP contribution in [0.15, 0.2) is 30.4 Å². The smallest absolute Gasteiger partial charge is 0.358 e. The van der Waals surface area contributed by atoms with Gasteiger partial charge in [-0.25, -0.2) is 4.79 Å². The minimum atomic E-state index is -1.61. The molecular formula is C16H18O4. The fourth-order valence-electron chi connectivity index (χ4n) is 2.34. The van der Waals surface area contributed by atoms with Gasteiger partial charge in [-0.3, -0.25) is 4.79 Å². The highest BCUT2D eigenvalue weighted by Crippen LogP contribution is 2.38. The molecule has 4 heteroatoms. The molecule has 0 fully saturated rings. The molecule has 20 heavy (non-hydrogen) atoms. The summed E-state index contributed by atoms with van der Waals surface area (Å²) in [5.74, 6) is -0.515. The van der Waals surface area contributed by atoms with Crippen molar-refractivity contribution in [3.63, 3.8) is 0 Å². The normalized spacial score (nSPS) is 19.9. The van der Waals surface area contributed by atoms with Crippen molar-refractivity contribution in [3.05, 3.63) is 41.5 Å². The second-order valence-electron chi connectivity index (χ2n) is 4.99. The Labute approximate surface area is 118 Å². The first kappa shape index (κ1) is 14.3. The summed E-state index contributed by atoms with van der Waals surface area (Å²) in [7, 11) is 1.25. The number of carbonyl (C=O) groups is 2. The summed E-state index contributed by atoms with van der Waals surface area (Å²) in [5.41, 5.74) is 0.585. The number of hydrogen-bond acceptors (Lipinski definition) is 4. The zero-order chi connectivity index (χ0) is 14.9. The highest BCUT2D eigenvalue weighted by atomic mass is 16.6. The number of carbonyl (C=O) groups excluding carboxylic acids is 2. The third kappa shape index (κ3) is 2.11. The lowest BCUT2D eigenvalue weighted by Crippen LogP contribution is -2.52. The van der Waals surface area contributed by atoms with Crippen LogP contribution >= 0.6 is 0 Å². The summed E-state index contributed by atoms with van der Waals surface area (Å²) in [4.78, 5) is 24.7. The van der Waals surface area contributed by atoms with Gasteiger partial charge in [-0.2, -0.15) is 0 Å². The lowest BCUT2D eigenvalue weighted by Gasteiger charge is -2.24. The van der Waals surface area contributed by atoms with Crippen molar-refractivity contribution in [2.24, 2.45) is 0 Å². The summed E-state index contributed by atoms with van der Waals surface area (Å²) in [6.07, 6.45) is 0.656. The molecule has 2 rings (SSSR count). The number of aryl methyl sites for hydroxylation is 1. The molecule has 1 aromatic carbocycles. The van der Waals surface area contributed by atoms with Gasteiger partial charge in [-0.15, -0.1) is 0 Å². The molecule has 0 spiro atoms. The van der Waals surface area contributed by atoms with Gasteiger partial charge < -0.3 is 9.47 Å². The molecule has 0 aliphatic carbocycles. The highest BCUT2D eigenvalue weighted by Gasteiger charge is 2.54. The number of rotatable bonds is 4. The predicted molar refractivity (Wildman–Crippen MR) is 74.7 cm³/mol. The Kier molecular flexibility index (Phi) is 3.66. The van der Waals surface area contributed by atoms with Crippen LogP contribution in [-0.4, -0.2) is 24.5 Å². The maximum atomic E-state index is 12.5. The van der Waals surface area contributed by atoms with E-state index < -0.39 is 17.4 Å². The first-order valence-corrected chi connectivity index (χ1v) is 6.54. The lowest BCUT2D eigenvalue weighted by molar-refractivity contribution is -0.162. The zero-order valence-electron chi connectivity index (χ0n) is 12.0. The largest absolute Gasteiger partial charge is 0.467 e. The first-order valence-electron chi connectivity index (χ1n) is 6.54. The van der Waals surface area contributed by atoms with E-state index in [9.17, 15) is 9.59 Å². The van der Waals surface area contributed by atoms with Crippen LogP contribution in [0.4, 0.5) is 0 Å². The van der Waals surface area contributed by atoms with E-state index in [1.54, 1.807) is 0 Å². The average molecular weight is 274 g/mol. The molecule has 1 aromatic rings. The number of esters is 1. The second kappa shape index (κ2) is 5.12.